The van der Waals surface area contributed by atoms with Crippen molar-refractivity contribution >= 4 is 0 Å². The molecule has 1 aliphatic heterocycles. The Morgan fingerprint density at radius 3 is 3.08 bits per heavy atom. The highest BCUT2D eigenvalue weighted by Gasteiger charge is 2.26. The number of piperidine rings is 1. The fourth-order valence-electron chi connectivity index (χ4n) is 3.40. The van der Waals surface area contributed by atoms with Crippen LogP contribution < -0.4 is 0 Å². The smallest absolute Gasteiger partial charge is 0.231 e. The van der Waals surface area contributed by atoms with E-state index in [9.17, 15) is 5.26 Å². The van der Waals surface area contributed by atoms with E-state index in [0.717, 1.165) is 50.6 Å². The summed E-state index contributed by atoms with van der Waals surface area (Å²) in [6.07, 6.45) is 4.94. The second kappa shape index (κ2) is 8.28. The van der Waals surface area contributed by atoms with E-state index in [0.29, 0.717) is 18.9 Å². The molecule has 0 saturated carbocycles. The standard InChI is InChI=1S/C18H25N5O2/c1-3-23-12-14(9-16(23)10-19)11-22-7-4-5-15(13-22)18-20-17(21-25-18)6-8-24-2/h9,12,15H,3-8,11,13H2,1-2H3. The largest absolute Gasteiger partial charge is 0.384 e. The Kier molecular flexibility index (Phi) is 5.84. The molecule has 1 aliphatic rings. The second-order valence-corrected chi connectivity index (χ2v) is 6.50. The van der Waals surface area contributed by atoms with E-state index >= 15 is 0 Å². The van der Waals surface area contributed by atoms with Crippen molar-refractivity contribution in [3.63, 3.8) is 0 Å². The van der Waals surface area contributed by atoms with Gasteiger partial charge in [0.25, 0.3) is 0 Å². The molecule has 7 heteroatoms. The molecule has 7 nitrogen and oxygen atoms in total. The van der Waals surface area contributed by atoms with Gasteiger partial charge in [-0.1, -0.05) is 5.16 Å². The lowest BCUT2D eigenvalue weighted by Crippen LogP contribution is -2.33. The number of nitrogens with zero attached hydrogens (tertiary/aromatic N) is 5. The number of likely N-dealkylation sites (tertiary alicyclic amines) is 1. The van der Waals surface area contributed by atoms with E-state index in [2.05, 4.69) is 34.2 Å². The molecule has 0 radical (unpaired) electrons. The summed E-state index contributed by atoms with van der Waals surface area (Å²) in [6, 6.07) is 4.25. The highest BCUT2D eigenvalue weighted by molar-refractivity contribution is 5.28. The normalized spacial score (nSPS) is 18.4. The second-order valence-electron chi connectivity index (χ2n) is 6.50. The number of aryl methyl sites for hydroxylation is 1. The molecule has 2 aromatic heterocycles. The zero-order chi connectivity index (χ0) is 17.6. The molecule has 0 N–H and O–H groups in total. The number of hydrogen-bond acceptors (Lipinski definition) is 6. The molecule has 0 amide bonds. The maximum Gasteiger partial charge on any atom is 0.231 e. The lowest BCUT2D eigenvalue weighted by Gasteiger charge is -2.30. The van der Waals surface area contributed by atoms with Gasteiger partial charge < -0.3 is 13.8 Å². The van der Waals surface area contributed by atoms with Gasteiger partial charge >= 0.3 is 0 Å². The first-order valence-corrected chi connectivity index (χ1v) is 8.86. The Bertz CT molecular complexity index is 730. The van der Waals surface area contributed by atoms with Crippen LogP contribution in [0.4, 0.5) is 0 Å². The van der Waals surface area contributed by atoms with Crippen molar-refractivity contribution in [3.05, 3.63) is 35.2 Å². The van der Waals surface area contributed by atoms with Gasteiger partial charge in [-0.25, -0.2) is 0 Å². The van der Waals surface area contributed by atoms with Gasteiger partial charge in [-0.2, -0.15) is 10.2 Å². The van der Waals surface area contributed by atoms with Crippen LogP contribution >= 0.6 is 0 Å². The van der Waals surface area contributed by atoms with Gasteiger partial charge in [0, 0.05) is 39.4 Å². The molecule has 0 spiro atoms. The van der Waals surface area contributed by atoms with Gasteiger partial charge in [-0.15, -0.1) is 0 Å². The van der Waals surface area contributed by atoms with Crippen molar-refractivity contribution in [1.29, 1.82) is 5.26 Å². The number of methoxy groups -OCH3 is 1. The zero-order valence-electron chi connectivity index (χ0n) is 14.9. The van der Waals surface area contributed by atoms with Crippen molar-refractivity contribution in [2.75, 3.05) is 26.8 Å². The Hall–Kier alpha value is -2.17. The Morgan fingerprint density at radius 2 is 2.36 bits per heavy atom. The summed E-state index contributed by atoms with van der Waals surface area (Å²) in [5, 5.41) is 13.3. The third-order valence-electron chi connectivity index (χ3n) is 4.68. The average Bonchev–Trinajstić information content (AvgIpc) is 3.26. The van der Waals surface area contributed by atoms with Gasteiger partial charge in [0.2, 0.25) is 5.89 Å². The summed E-state index contributed by atoms with van der Waals surface area (Å²) in [5.41, 5.74) is 1.91. The van der Waals surface area contributed by atoms with Crippen LogP contribution in [0.15, 0.2) is 16.8 Å². The minimum Gasteiger partial charge on any atom is -0.384 e. The molecule has 1 atom stereocenters. The topological polar surface area (TPSA) is 80.1 Å². The van der Waals surface area contributed by atoms with Crippen LogP contribution in [0.1, 0.15) is 48.7 Å². The van der Waals surface area contributed by atoms with Crippen LogP contribution in [-0.4, -0.2) is 46.4 Å². The molecule has 3 rings (SSSR count). The third kappa shape index (κ3) is 4.27. The Morgan fingerprint density at radius 1 is 1.48 bits per heavy atom. The van der Waals surface area contributed by atoms with E-state index in [-0.39, 0.29) is 5.92 Å². The van der Waals surface area contributed by atoms with E-state index in [1.165, 1.54) is 5.56 Å². The SMILES string of the molecule is CCn1cc(CN2CCCC(c3nc(CCOC)no3)C2)cc1C#N. The first kappa shape index (κ1) is 17.6. The predicted octanol–water partition coefficient (Wildman–Crippen LogP) is 2.33. The summed E-state index contributed by atoms with van der Waals surface area (Å²) in [5.74, 6) is 1.73. The molecule has 3 heterocycles. The van der Waals surface area contributed by atoms with Crippen LogP contribution in [0.25, 0.3) is 0 Å². The van der Waals surface area contributed by atoms with E-state index in [1.807, 2.05) is 10.6 Å². The molecule has 1 unspecified atom stereocenters. The fourth-order valence-corrected chi connectivity index (χ4v) is 3.40. The molecule has 1 saturated heterocycles. The van der Waals surface area contributed by atoms with Crippen LogP contribution in [0, 0.1) is 11.3 Å². The molecule has 0 aliphatic carbocycles. The number of rotatable bonds is 7. The molecule has 0 aromatic carbocycles. The number of ether oxygens (including phenoxy) is 1. The minimum absolute atomic E-state index is 0.279. The lowest BCUT2D eigenvalue weighted by molar-refractivity contribution is 0.180. The molecular weight excluding hydrogens is 318 g/mol. The zero-order valence-corrected chi connectivity index (χ0v) is 14.9. The van der Waals surface area contributed by atoms with Crippen LogP contribution in [-0.2, 0) is 24.2 Å². The number of aromatic nitrogens is 3. The number of nitriles is 1. The Balaban J connectivity index is 1.62. The van der Waals surface area contributed by atoms with Crippen molar-refractivity contribution < 1.29 is 9.26 Å². The summed E-state index contributed by atoms with van der Waals surface area (Å²) >= 11 is 0. The lowest BCUT2D eigenvalue weighted by atomic mass is 9.97. The van der Waals surface area contributed by atoms with E-state index in [1.54, 1.807) is 7.11 Å². The number of hydrogen-bond donors (Lipinski definition) is 0. The predicted molar refractivity (Wildman–Crippen MR) is 92.0 cm³/mol. The molecule has 1 fully saturated rings. The molecule has 0 bridgehead atoms. The van der Waals surface area contributed by atoms with Gasteiger partial charge in [-0.05, 0) is 37.9 Å². The summed E-state index contributed by atoms with van der Waals surface area (Å²) < 4.78 is 12.5. The fraction of sp³-hybridized carbons (Fsp3) is 0.611. The highest BCUT2D eigenvalue weighted by Crippen LogP contribution is 2.27. The molecule has 25 heavy (non-hydrogen) atoms. The van der Waals surface area contributed by atoms with E-state index in [4.69, 9.17) is 9.26 Å². The van der Waals surface area contributed by atoms with Crippen molar-refractivity contribution in [2.45, 2.75) is 45.2 Å². The molecule has 2 aromatic rings. The minimum atomic E-state index is 0.279. The summed E-state index contributed by atoms with van der Waals surface area (Å²) in [7, 11) is 1.67. The first-order chi connectivity index (χ1) is 12.2. The van der Waals surface area contributed by atoms with Crippen molar-refractivity contribution in [3.8, 4) is 6.07 Å². The van der Waals surface area contributed by atoms with Crippen molar-refractivity contribution in [1.82, 2.24) is 19.6 Å². The monoisotopic (exact) mass is 343 g/mol. The Labute approximate surface area is 148 Å². The van der Waals surface area contributed by atoms with E-state index < -0.39 is 0 Å². The van der Waals surface area contributed by atoms with Crippen LogP contribution in [0.5, 0.6) is 0 Å². The average molecular weight is 343 g/mol. The van der Waals surface area contributed by atoms with Crippen LogP contribution in [0.2, 0.25) is 0 Å². The quantitative estimate of drug-likeness (QED) is 0.767. The van der Waals surface area contributed by atoms with Gasteiger partial charge in [0.15, 0.2) is 5.82 Å². The maximum atomic E-state index is 9.20. The third-order valence-corrected chi connectivity index (χ3v) is 4.68. The maximum absolute atomic E-state index is 9.20. The molecule has 134 valence electrons. The van der Waals surface area contributed by atoms with Gasteiger partial charge in [-0.3, -0.25) is 4.90 Å². The summed E-state index contributed by atoms with van der Waals surface area (Å²) in [4.78, 5) is 6.93. The van der Waals surface area contributed by atoms with Gasteiger partial charge in [0.1, 0.15) is 11.8 Å². The first-order valence-electron chi connectivity index (χ1n) is 8.86. The van der Waals surface area contributed by atoms with Gasteiger partial charge in [0.05, 0.1) is 12.5 Å². The van der Waals surface area contributed by atoms with Crippen LogP contribution in [0.3, 0.4) is 0 Å². The van der Waals surface area contributed by atoms with Crippen molar-refractivity contribution in [2.24, 2.45) is 0 Å². The highest BCUT2D eigenvalue weighted by atomic mass is 16.5. The molecular formula is C18H25N5O2. The summed E-state index contributed by atoms with van der Waals surface area (Å²) in [6.45, 7) is 6.29.